The van der Waals surface area contributed by atoms with Gasteiger partial charge in [0.15, 0.2) is 5.78 Å². The van der Waals surface area contributed by atoms with Crippen LogP contribution in [0.4, 0.5) is 0 Å². The van der Waals surface area contributed by atoms with Crippen molar-refractivity contribution in [2.45, 2.75) is 70.6 Å². The molecule has 3 rings (SSSR count). The molecule has 0 aromatic rings. The van der Waals surface area contributed by atoms with Crippen molar-refractivity contribution in [3.8, 4) is 0 Å². The molecule has 0 bridgehead atoms. The minimum absolute atomic E-state index is 0.120. The SMILES string of the molecule is COC(=O)C1(C(=O)C2CCCC2)CC2(CCCCC2)C1. The van der Waals surface area contributed by atoms with Gasteiger partial charge in [0.05, 0.1) is 7.11 Å². The van der Waals surface area contributed by atoms with Crippen molar-refractivity contribution in [3.05, 3.63) is 0 Å². The van der Waals surface area contributed by atoms with Crippen LogP contribution in [0.5, 0.6) is 0 Å². The van der Waals surface area contributed by atoms with Crippen molar-refractivity contribution >= 4 is 11.8 Å². The molecule has 0 unspecified atom stereocenters. The van der Waals surface area contributed by atoms with Crippen LogP contribution < -0.4 is 0 Å². The number of Topliss-reactive ketones (excluding diaryl/α,β-unsaturated/α-hetero) is 1. The topological polar surface area (TPSA) is 43.4 Å². The van der Waals surface area contributed by atoms with Gasteiger partial charge in [-0.05, 0) is 43.9 Å². The van der Waals surface area contributed by atoms with Gasteiger partial charge in [-0.3, -0.25) is 9.59 Å². The number of rotatable bonds is 3. The molecule has 0 aromatic heterocycles. The van der Waals surface area contributed by atoms with E-state index in [-0.39, 0.29) is 23.1 Å². The third-order valence-electron chi connectivity index (χ3n) is 6.04. The van der Waals surface area contributed by atoms with Gasteiger partial charge in [-0.15, -0.1) is 0 Å². The second-order valence-electron chi connectivity index (χ2n) is 7.33. The molecule has 0 aliphatic heterocycles. The van der Waals surface area contributed by atoms with Gasteiger partial charge < -0.3 is 4.74 Å². The van der Waals surface area contributed by atoms with E-state index in [4.69, 9.17) is 4.74 Å². The van der Waals surface area contributed by atoms with Gasteiger partial charge in [-0.1, -0.05) is 32.1 Å². The van der Waals surface area contributed by atoms with Gasteiger partial charge >= 0.3 is 5.97 Å². The molecule has 0 saturated heterocycles. The third kappa shape index (κ3) is 2.10. The normalized spacial score (nSPS) is 28.1. The van der Waals surface area contributed by atoms with Gasteiger partial charge in [-0.25, -0.2) is 0 Å². The monoisotopic (exact) mass is 278 g/mol. The summed E-state index contributed by atoms with van der Waals surface area (Å²) in [6.45, 7) is 0. The molecule has 0 amide bonds. The van der Waals surface area contributed by atoms with E-state index in [0.29, 0.717) is 0 Å². The highest BCUT2D eigenvalue weighted by Gasteiger charge is 2.64. The summed E-state index contributed by atoms with van der Waals surface area (Å²) in [6.07, 6.45) is 12.0. The summed E-state index contributed by atoms with van der Waals surface area (Å²) >= 11 is 0. The molecule has 0 radical (unpaired) electrons. The van der Waals surface area contributed by atoms with E-state index in [1.807, 2.05) is 0 Å². The molecule has 3 aliphatic carbocycles. The number of carbonyl (C=O) groups excluding carboxylic acids is 2. The molecule has 3 fully saturated rings. The van der Waals surface area contributed by atoms with E-state index in [0.717, 1.165) is 38.5 Å². The lowest BCUT2D eigenvalue weighted by molar-refractivity contribution is -0.180. The first kappa shape index (κ1) is 14.1. The van der Waals surface area contributed by atoms with Gasteiger partial charge in [0.2, 0.25) is 0 Å². The van der Waals surface area contributed by atoms with Crippen LogP contribution in [0.3, 0.4) is 0 Å². The predicted molar refractivity (Wildman–Crippen MR) is 76.2 cm³/mol. The Morgan fingerprint density at radius 1 is 0.950 bits per heavy atom. The summed E-state index contributed by atoms with van der Waals surface area (Å²) in [7, 11) is 1.43. The molecular formula is C17H26O3. The molecule has 112 valence electrons. The highest BCUT2D eigenvalue weighted by Crippen LogP contribution is 2.63. The Hall–Kier alpha value is -0.860. The van der Waals surface area contributed by atoms with E-state index < -0.39 is 5.41 Å². The van der Waals surface area contributed by atoms with Crippen LogP contribution in [0, 0.1) is 16.7 Å². The van der Waals surface area contributed by atoms with Crippen molar-refractivity contribution in [1.82, 2.24) is 0 Å². The summed E-state index contributed by atoms with van der Waals surface area (Å²) in [5.41, 5.74) is -0.498. The molecular weight excluding hydrogens is 252 g/mol. The van der Waals surface area contributed by atoms with Gasteiger partial charge in [-0.2, -0.15) is 0 Å². The van der Waals surface area contributed by atoms with Crippen molar-refractivity contribution in [3.63, 3.8) is 0 Å². The van der Waals surface area contributed by atoms with Gasteiger partial charge in [0.1, 0.15) is 5.41 Å². The van der Waals surface area contributed by atoms with Crippen molar-refractivity contribution < 1.29 is 14.3 Å². The Morgan fingerprint density at radius 3 is 2.10 bits per heavy atom. The lowest BCUT2D eigenvalue weighted by Gasteiger charge is -2.56. The molecule has 0 N–H and O–H groups in total. The number of hydrogen-bond acceptors (Lipinski definition) is 3. The predicted octanol–water partition coefficient (Wildman–Crippen LogP) is 3.65. The summed E-state index contributed by atoms with van der Waals surface area (Å²) in [5.74, 6) is 0.0682. The fraction of sp³-hybridized carbons (Fsp3) is 0.882. The third-order valence-corrected chi connectivity index (χ3v) is 6.04. The van der Waals surface area contributed by atoms with Crippen LogP contribution in [0.1, 0.15) is 70.6 Å². The van der Waals surface area contributed by atoms with E-state index in [2.05, 4.69) is 0 Å². The van der Waals surface area contributed by atoms with Gasteiger partial charge in [0, 0.05) is 5.92 Å². The second kappa shape index (κ2) is 5.16. The molecule has 3 nitrogen and oxygen atoms in total. The minimum Gasteiger partial charge on any atom is -0.468 e. The Bertz CT molecular complexity index is 392. The zero-order valence-electron chi connectivity index (χ0n) is 12.6. The minimum atomic E-state index is -0.777. The number of hydrogen-bond donors (Lipinski definition) is 0. The first-order valence-electron chi connectivity index (χ1n) is 8.25. The molecule has 1 spiro atoms. The fourth-order valence-corrected chi connectivity index (χ4v) is 5.08. The summed E-state index contributed by atoms with van der Waals surface area (Å²) in [4.78, 5) is 25.2. The Morgan fingerprint density at radius 2 is 1.55 bits per heavy atom. The molecule has 0 heterocycles. The molecule has 20 heavy (non-hydrogen) atoms. The molecule has 0 atom stereocenters. The quantitative estimate of drug-likeness (QED) is 0.584. The number of ketones is 1. The molecule has 3 aliphatic rings. The summed E-state index contributed by atoms with van der Waals surface area (Å²) in [5, 5.41) is 0. The summed E-state index contributed by atoms with van der Waals surface area (Å²) < 4.78 is 5.01. The van der Waals surface area contributed by atoms with Crippen LogP contribution in [0.15, 0.2) is 0 Å². The average molecular weight is 278 g/mol. The van der Waals surface area contributed by atoms with Crippen LogP contribution >= 0.6 is 0 Å². The smallest absolute Gasteiger partial charge is 0.319 e. The molecule has 3 saturated carbocycles. The Balaban J connectivity index is 1.77. The summed E-state index contributed by atoms with van der Waals surface area (Å²) in [6, 6.07) is 0. The van der Waals surface area contributed by atoms with Crippen LogP contribution in [0.25, 0.3) is 0 Å². The van der Waals surface area contributed by atoms with Crippen molar-refractivity contribution in [2.75, 3.05) is 7.11 Å². The lowest BCUT2D eigenvalue weighted by Crippen LogP contribution is -2.58. The van der Waals surface area contributed by atoms with Gasteiger partial charge in [0.25, 0.3) is 0 Å². The maximum absolute atomic E-state index is 12.9. The maximum Gasteiger partial charge on any atom is 0.319 e. The second-order valence-corrected chi connectivity index (χ2v) is 7.33. The highest BCUT2D eigenvalue weighted by atomic mass is 16.5. The first-order valence-corrected chi connectivity index (χ1v) is 8.25. The largest absolute Gasteiger partial charge is 0.468 e. The number of esters is 1. The van der Waals surface area contributed by atoms with Crippen molar-refractivity contribution in [2.24, 2.45) is 16.7 Å². The highest BCUT2D eigenvalue weighted by molar-refractivity contribution is 6.06. The Kier molecular flexibility index (Phi) is 3.64. The number of carbonyl (C=O) groups is 2. The van der Waals surface area contributed by atoms with Crippen LogP contribution in [0.2, 0.25) is 0 Å². The maximum atomic E-state index is 12.9. The zero-order valence-corrected chi connectivity index (χ0v) is 12.6. The van der Waals surface area contributed by atoms with Crippen LogP contribution in [-0.2, 0) is 14.3 Å². The number of methoxy groups -OCH3 is 1. The van der Waals surface area contributed by atoms with E-state index in [1.54, 1.807) is 0 Å². The van der Waals surface area contributed by atoms with Crippen LogP contribution in [-0.4, -0.2) is 18.9 Å². The van der Waals surface area contributed by atoms with E-state index in [1.165, 1.54) is 39.2 Å². The van der Waals surface area contributed by atoms with Crippen molar-refractivity contribution in [1.29, 1.82) is 0 Å². The Labute approximate surface area is 121 Å². The standard InChI is InChI=1S/C17H26O3/c1-20-15(19)17(14(18)13-7-3-4-8-13)11-16(12-17)9-5-2-6-10-16/h13H,2-12H2,1H3. The van der Waals surface area contributed by atoms with E-state index >= 15 is 0 Å². The number of ether oxygens (including phenoxy) is 1. The first-order chi connectivity index (χ1) is 9.62. The zero-order chi connectivity index (χ0) is 14.2. The average Bonchev–Trinajstić information content (AvgIpc) is 2.97. The lowest BCUT2D eigenvalue weighted by atomic mass is 9.46. The van der Waals surface area contributed by atoms with E-state index in [9.17, 15) is 9.59 Å². The molecule has 0 aromatic carbocycles. The fourth-order valence-electron chi connectivity index (χ4n) is 5.08. The molecule has 3 heteroatoms.